The number of hydrogen-bond donors (Lipinski definition) is 0. The van der Waals surface area contributed by atoms with Crippen molar-refractivity contribution in [2.45, 2.75) is 241 Å². The van der Waals surface area contributed by atoms with Gasteiger partial charge < -0.3 is 22.8 Å². The van der Waals surface area contributed by atoms with Gasteiger partial charge in [-0.3, -0.25) is 24.5 Å². The van der Waals surface area contributed by atoms with Crippen molar-refractivity contribution in [3.8, 4) is 0 Å². The number of hydrogen-bond acceptors (Lipinski definition) is 5. The molecule has 0 fully saturated rings. The topological polar surface area (TPSA) is 40.9 Å². The maximum Gasteiger partial charge on any atom is 0.0757 e. The summed E-state index contributed by atoms with van der Waals surface area (Å²) in [5.41, 5.74) is 13.3. The Morgan fingerprint density at radius 2 is 0.357 bits per heavy atom. The normalized spacial score (nSPS) is 10.8. The van der Waals surface area contributed by atoms with Gasteiger partial charge in [-0.25, -0.2) is 0 Å². The highest BCUT2D eigenvalue weighted by Gasteiger charge is 2.23. The minimum Gasteiger partial charge on any atom is -0.327 e. The molecule has 22 rings (SSSR count). The van der Waals surface area contributed by atoms with Crippen molar-refractivity contribution in [1.29, 1.82) is 0 Å². The zero-order chi connectivity index (χ0) is 104. The van der Waals surface area contributed by atoms with Gasteiger partial charge in [-0.1, -0.05) is 487 Å². The van der Waals surface area contributed by atoms with Crippen LogP contribution in [0, 0.1) is 0 Å². The fourth-order valence-electron chi connectivity index (χ4n) is 19.7. The minimum absolute atomic E-state index is 0.916. The van der Waals surface area contributed by atoms with E-state index in [9.17, 15) is 0 Å². The summed E-state index contributed by atoms with van der Waals surface area (Å²) in [7, 11) is 0. The summed E-state index contributed by atoms with van der Waals surface area (Å²) in [6.45, 7) is 77.6. The molecule has 0 unspecified atom stereocenters. The molecule has 22 aromatic rings. The molecule has 143 heavy (non-hydrogen) atoms. The molecule has 0 saturated heterocycles. The molecule has 0 amide bonds. The lowest BCUT2D eigenvalue weighted by Gasteiger charge is -2.21. The molecule has 0 aliphatic carbocycles. The molecule has 17 aromatic carbocycles. The highest BCUT2D eigenvalue weighted by atomic mass is 15.3. The van der Waals surface area contributed by atoms with Crippen LogP contribution in [0.3, 0.4) is 0 Å². The van der Waals surface area contributed by atoms with E-state index in [0.717, 1.165) is 98.8 Å². The van der Waals surface area contributed by atoms with Crippen molar-refractivity contribution in [1.82, 2.24) is 47.3 Å². The van der Waals surface area contributed by atoms with E-state index in [4.69, 9.17) is 0 Å². The van der Waals surface area contributed by atoms with Crippen molar-refractivity contribution < 1.29 is 0 Å². The summed E-state index contributed by atoms with van der Waals surface area (Å²) >= 11 is 0. The maximum absolute atomic E-state index is 2.52. The third-order valence-corrected chi connectivity index (χ3v) is 26.4. The van der Waals surface area contributed by atoms with Gasteiger partial charge in [0.15, 0.2) is 0 Å². The van der Waals surface area contributed by atoms with Gasteiger partial charge in [-0.15, -0.1) is 0 Å². The third kappa shape index (κ3) is 25.1. The molecule has 0 spiro atoms. The number of rotatable bonds is 20. The molecular formula is C133H174N10. The first-order valence-electron chi connectivity index (χ1n) is 55.0. The Kier molecular flexibility index (Phi) is 48.6. The molecule has 5 aromatic heterocycles. The maximum atomic E-state index is 2.52. The van der Waals surface area contributed by atoms with Crippen molar-refractivity contribution >= 4 is 184 Å². The van der Waals surface area contributed by atoms with Gasteiger partial charge in [-0.2, -0.15) is 0 Å². The van der Waals surface area contributed by atoms with Crippen LogP contribution in [0.4, 0.5) is 0 Å². The van der Waals surface area contributed by atoms with Gasteiger partial charge in [0.2, 0.25) is 0 Å². The summed E-state index contributed by atoms with van der Waals surface area (Å²) in [4.78, 5) is 12.3. The van der Waals surface area contributed by atoms with Gasteiger partial charge in [0.25, 0.3) is 0 Å². The SMILES string of the molecule is CC.CC.CC.CC.CC.CC.CC.CC.CC.CC.CCN(CC)Cn1c2ccccc2c2c3ccccc3c3ccccc3c21.CCN(CC)Cn1c2ccccc2c2c3ccccc3c3ccccc3c21.CCN(CC)Cn1c2ccccc2c2c3ccccc3ccc21.CCN(CC)Cn1c2ccccc2c2cc3ccccc3cc21.CCN(CC)Cn1c2ccccc2c2ccc3ccccc3c21. The van der Waals surface area contributed by atoms with Crippen molar-refractivity contribution in [2.24, 2.45) is 0 Å². The zero-order valence-corrected chi connectivity index (χ0v) is 93.3. The molecule has 0 atom stereocenters. The van der Waals surface area contributed by atoms with Crippen LogP contribution in [0.25, 0.3) is 184 Å². The highest BCUT2D eigenvalue weighted by molar-refractivity contribution is 6.33. The second-order valence-electron chi connectivity index (χ2n) is 32.7. The lowest BCUT2D eigenvalue weighted by atomic mass is 9.97. The van der Waals surface area contributed by atoms with Gasteiger partial charge >= 0.3 is 0 Å². The molecular weight excluding hydrogens is 1740 g/mol. The van der Waals surface area contributed by atoms with Gasteiger partial charge in [0.05, 0.1) is 88.5 Å². The third-order valence-electron chi connectivity index (χ3n) is 26.4. The van der Waals surface area contributed by atoms with Gasteiger partial charge in [0.1, 0.15) is 0 Å². The van der Waals surface area contributed by atoms with Crippen LogP contribution in [-0.4, -0.2) is 113 Å². The highest BCUT2D eigenvalue weighted by Crippen LogP contribution is 2.45. The Labute approximate surface area is 860 Å². The molecule has 10 heteroatoms. The Balaban J connectivity index is 0.000000209. The molecule has 10 nitrogen and oxygen atoms in total. The monoisotopic (exact) mass is 1910 g/mol. The van der Waals surface area contributed by atoms with E-state index >= 15 is 0 Å². The Morgan fingerprint density at radius 3 is 0.720 bits per heavy atom. The molecule has 0 radical (unpaired) electrons. The van der Waals surface area contributed by atoms with Gasteiger partial charge in [-0.05, 0) is 173 Å². The first kappa shape index (κ1) is 116. The van der Waals surface area contributed by atoms with Crippen LogP contribution in [0.1, 0.15) is 208 Å². The van der Waals surface area contributed by atoms with Crippen LogP contribution in [-0.2, 0) is 33.3 Å². The van der Waals surface area contributed by atoms with Crippen LogP contribution in [0.5, 0.6) is 0 Å². The van der Waals surface area contributed by atoms with Crippen LogP contribution in [0.2, 0.25) is 0 Å². The van der Waals surface area contributed by atoms with E-state index in [-0.39, 0.29) is 0 Å². The smallest absolute Gasteiger partial charge is 0.0757 e. The second kappa shape index (κ2) is 60.1. The van der Waals surface area contributed by atoms with E-state index in [1.165, 1.54) is 184 Å². The Hall–Kier alpha value is -12.6. The van der Waals surface area contributed by atoms with E-state index in [1.54, 1.807) is 0 Å². The number of fused-ring (bicyclic) bond motifs is 30. The lowest BCUT2D eigenvalue weighted by Crippen LogP contribution is -2.25. The number of benzene rings is 17. The quantitative estimate of drug-likeness (QED) is 0.0711. The Bertz CT molecular complexity index is 7310. The lowest BCUT2D eigenvalue weighted by molar-refractivity contribution is 0.249. The van der Waals surface area contributed by atoms with Crippen LogP contribution >= 0.6 is 0 Å². The van der Waals surface area contributed by atoms with Crippen LogP contribution < -0.4 is 0 Å². The van der Waals surface area contributed by atoms with Crippen LogP contribution in [0.15, 0.2) is 328 Å². The molecule has 0 bridgehead atoms. The second-order valence-corrected chi connectivity index (χ2v) is 32.7. The summed E-state index contributed by atoms with van der Waals surface area (Å²) in [5.74, 6) is 0. The van der Waals surface area contributed by atoms with Crippen molar-refractivity contribution in [3.05, 3.63) is 328 Å². The molecule has 756 valence electrons. The summed E-state index contributed by atoms with van der Waals surface area (Å²) in [6, 6.07) is 119. The van der Waals surface area contributed by atoms with E-state index < -0.39 is 0 Å². The summed E-state index contributed by atoms with van der Waals surface area (Å²) in [5, 5.41) is 32.3. The summed E-state index contributed by atoms with van der Waals surface area (Å²) < 4.78 is 12.5. The fourth-order valence-corrected chi connectivity index (χ4v) is 19.7. The fraction of sp³-hybridized carbons (Fsp3) is 0.338. The number of para-hydroxylation sites is 5. The van der Waals surface area contributed by atoms with Crippen molar-refractivity contribution in [2.75, 3.05) is 65.4 Å². The Morgan fingerprint density at radius 1 is 0.140 bits per heavy atom. The zero-order valence-electron chi connectivity index (χ0n) is 93.3. The minimum atomic E-state index is 0.916. The van der Waals surface area contributed by atoms with E-state index in [0.29, 0.717) is 0 Å². The number of aromatic nitrogens is 5. The standard InChI is InChI=1S/2C25H24N2.3C21H22N2.10C2H6/c2*1-3-26(4-2)17-27-23-16-10-9-15-22(23)24-20-13-7-5-11-18(20)19-12-6-8-14-21(19)25(24)27;1-3-22(4-2)15-23-20-12-8-7-11-18(20)19-13-16-9-5-6-10-17(16)14-21(19)23;1-3-22(4-2)15-23-20-12-8-7-11-18(20)19-14-13-16-9-5-6-10-17(16)21(19)23;1-3-22(4-2)15-23-19-12-8-7-11-18(19)21-17-10-6-5-9-16(17)13-14-20(21)23;10*1-2/h2*5-16H,3-4,17H2,1-2H3;3*5-14H,3-4,15H2,1-2H3;10*1-2H3. The first-order chi connectivity index (χ1) is 70.6. The van der Waals surface area contributed by atoms with Crippen molar-refractivity contribution in [3.63, 3.8) is 0 Å². The first-order valence-corrected chi connectivity index (χ1v) is 55.0. The predicted molar refractivity (Wildman–Crippen MR) is 648 cm³/mol. The molecule has 0 N–H and O–H groups in total. The average Bonchev–Trinajstić information content (AvgIpc) is 1.70. The van der Waals surface area contributed by atoms with E-state index in [1.807, 2.05) is 138 Å². The van der Waals surface area contributed by atoms with E-state index in [2.05, 4.69) is 444 Å². The summed E-state index contributed by atoms with van der Waals surface area (Å²) in [6.07, 6.45) is 0. The molecule has 0 aliphatic rings. The van der Waals surface area contributed by atoms with Gasteiger partial charge in [0, 0.05) is 70.0 Å². The largest absolute Gasteiger partial charge is 0.327 e. The average molecular weight is 1910 g/mol. The number of nitrogens with zero attached hydrogens (tertiary/aromatic N) is 10. The molecule has 5 heterocycles. The molecule has 0 aliphatic heterocycles. The predicted octanol–water partition coefficient (Wildman–Crippen LogP) is 38.8. The molecule has 0 saturated carbocycles.